The molecule has 0 aliphatic heterocycles. The van der Waals surface area contributed by atoms with Gasteiger partial charge in [-0.05, 0) is 19.0 Å². The maximum Gasteiger partial charge on any atom is 0.217 e. The first-order chi connectivity index (χ1) is 8.53. The summed E-state index contributed by atoms with van der Waals surface area (Å²) in [6, 6.07) is 3.79. The van der Waals surface area contributed by atoms with Crippen molar-refractivity contribution >= 4 is 10.0 Å². The molecule has 1 aromatic rings. The van der Waals surface area contributed by atoms with Gasteiger partial charge in [-0.15, -0.1) is 0 Å². The molecule has 1 aromatic heterocycles. The van der Waals surface area contributed by atoms with Crippen LogP contribution in [0, 0.1) is 0 Å². The number of rotatable bonds is 8. The van der Waals surface area contributed by atoms with Gasteiger partial charge in [0.15, 0.2) is 0 Å². The van der Waals surface area contributed by atoms with Crippen molar-refractivity contribution in [1.82, 2.24) is 15.0 Å². The topological polar surface area (TPSA) is 80.3 Å². The third-order valence-corrected chi connectivity index (χ3v) is 2.98. The molecule has 102 valence electrons. The Kier molecular flexibility index (Phi) is 6.03. The summed E-state index contributed by atoms with van der Waals surface area (Å²) in [5, 5.41) is 3.21. The standard InChI is InChI=1S/C11H19N3O3S/c1-17-11-10(5-3-7-13-11)9-12-6-4-8-14-18(2,15)16/h3,5,7,12,14H,4,6,8-9H2,1-2H3. The van der Waals surface area contributed by atoms with Crippen LogP contribution in [-0.2, 0) is 16.6 Å². The first-order valence-electron chi connectivity index (χ1n) is 5.66. The van der Waals surface area contributed by atoms with Crippen LogP contribution in [0.3, 0.4) is 0 Å². The molecule has 0 aromatic carbocycles. The molecule has 1 rings (SSSR count). The second-order valence-corrected chi connectivity index (χ2v) is 5.70. The summed E-state index contributed by atoms with van der Waals surface area (Å²) in [5.41, 5.74) is 0.982. The van der Waals surface area contributed by atoms with Crippen LogP contribution in [-0.4, -0.2) is 39.9 Å². The van der Waals surface area contributed by atoms with Crippen LogP contribution < -0.4 is 14.8 Å². The Morgan fingerprint density at radius 3 is 2.83 bits per heavy atom. The molecule has 6 nitrogen and oxygen atoms in total. The molecule has 0 radical (unpaired) electrons. The highest BCUT2D eigenvalue weighted by molar-refractivity contribution is 7.88. The molecule has 0 atom stereocenters. The van der Waals surface area contributed by atoms with E-state index < -0.39 is 10.0 Å². The molecule has 0 aliphatic carbocycles. The number of sulfonamides is 1. The number of aromatic nitrogens is 1. The highest BCUT2D eigenvalue weighted by atomic mass is 32.2. The van der Waals surface area contributed by atoms with Gasteiger partial charge in [-0.1, -0.05) is 6.07 Å². The molecule has 1 heterocycles. The zero-order chi connectivity index (χ0) is 13.4. The van der Waals surface area contributed by atoms with E-state index in [4.69, 9.17) is 4.74 Å². The predicted octanol–water partition coefficient (Wildman–Crippen LogP) is 0.119. The van der Waals surface area contributed by atoms with Gasteiger partial charge < -0.3 is 10.1 Å². The number of nitrogens with zero attached hydrogens (tertiary/aromatic N) is 1. The average molecular weight is 273 g/mol. The maximum atomic E-state index is 10.8. The highest BCUT2D eigenvalue weighted by Crippen LogP contribution is 2.12. The fourth-order valence-electron chi connectivity index (χ4n) is 1.44. The zero-order valence-corrected chi connectivity index (χ0v) is 11.5. The Morgan fingerprint density at radius 1 is 1.39 bits per heavy atom. The van der Waals surface area contributed by atoms with Crippen LogP contribution in [0.25, 0.3) is 0 Å². The van der Waals surface area contributed by atoms with Crippen molar-refractivity contribution in [3.8, 4) is 5.88 Å². The Balaban J connectivity index is 2.22. The Morgan fingerprint density at radius 2 is 2.17 bits per heavy atom. The smallest absolute Gasteiger partial charge is 0.217 e. The van der Waals surface area contributed by atoms with Crippen LogP contribution in [0.1, 0.15) is 12.0 Å². The van der Waals surface area contributed by atoms with Crippen molar-refractivity contribution in [2.45, 2.75) is 13.0 Å². The average Bonchev–Trinajstić information content (AvgIpc) is 2.32. The lowest BCUT2D eigenvalue weighted by Crippen LogP contribution is -2.26. The van der Waals surface area contributed by atoms with E-state index in [1.807, 2.05) is 12.1 Å². The van der Waals surface area contributed by atoms with Gasteiger partial charge in [0.25, 0.3) is 0 Å². The number of hydrogen-bond donors (Lipinski definition) is 2. The third kappa shape index (κ3) is 5.95. The lowest BCUT2D eigenvalue weighted by molar-refractivity contribution is 0.390. The van der Waals surface area contributed by atoms with Crippen LogP contribution in [0.4, 0.5) is 0 Å². The van der Waals surface area contributed by atoms with Gasteiger partial charge >= 0.3 is 0 Å². The summed E-state index contributed by atoms with van der Waals surface area (Å²) in [7, 11) is -1.50. The first kappa shape index (κ1) is 14.9. The monoisotopic (exact) mass is 273 g/mol. The second kappa shape index (κ2) is 7.30. The van der Waals surface area contributed by atoms with Gasteiger partial charge in [-0.2, -0.15) is 0 Å². The minimum atomic E-state index is -3.08. The Bertz CT molecular complexity index is 462. The highest BCUT2D eigenvalue weighted by Gasteiger charge is 2.02. The van der Waals surface area contributed by atoms with Gasteiger partial charge in [-0.3, -0.25) is 0 Å². The lowest BCUT2D eigenvalue weighted by atomic mass is 10.2. The van der Waals surface area contributed by atoms with Crippen LogP contribution in [0.5, 0.6) is 5.88 Å². The van der Waals surface area contributed by atoms with Crippen LogP contribution in [0.2, 0.25) is 0 Å². The van der Waals surface area contributed by atoms with Crippen LogP contribution in [0.15, 0.2) is 18.3 Å². The molecule has 0 bridgehead atoms. The summed E-state index contributed by atoms with van der Waals surface area (Å²) >= 11 is 0. The minimum Gasteiger partial charge on any atom is -0.481 e. The number of hydrogen-bond acceptors (Lipinski definition) is 5. The van der Waals surface area contributed by atoms with Gasteiger partial charge in [0.1, 0.15) is 0 Å². The Hall–Kier alpha value is -1.18. The lowest BCUT2D eigenvalue weighted by Gasteiger charge is -2.08. The molecule has 0 fully saturated rings. The largest absolute Gasteiger partial charge is 0.481 e. The van der Waals surface area contributed by atoms with Crippen molar-refractivity contribution < 1.29 is 13.2 Å². The number of methoxy groups -OCH3 is 1. The third-order valence-electron chi connectivity index (χ3n) is 2.25. The second-order valence-electron chi connectivity index (χ2n) is 3.87. The van der Waals surface area contributed by atoms with Crippen molar-refractivity contribution in [1.29, 1.82) is 0 Å². The molecule has 18 heavy (non-hydrogen) atoms. The quantitative estimate of drug-likeness (QED) is 0.658. The van der Waals surface area contributed by atoms with E-state index in [9.17, 15) is 8.42 Å². The van der Waals surface area contributed by atoms with Gasteiger partial charge in [0, 0.05) is 24.8 Å². The molecule has 0 aliphatic rings. The number of pyridine rings is 1. The van der Waals surface area contributed by atoms with E-state index in [0.29, 0.717) is 19.0 Å². The fourth-order valence-corrected chi connectivity index (χ4v) is 1.95. The van der Waals surface area contributed by atoms with Crippen molar-refractivity contribution in [3.05, 3.63) is 23.9 Å². The summed E-state index contributed by atoms with van der Waals surface area (Å²) < 4.78 is 29.2. The summed E-state index contributed by atoms with van der Waals surface area (Å²) in [6.07, 6.45) is 3.56. The molecular formula is C11H19N3O3S. The molecular weight excluding hydrogens is 254 g/mol. The maximum absolute atomic E-state index is 10.8. The van der Waals surface area contributed by atoms with Crippen molar-refractivity contribution in [3.63, 3.8) is 0 Å². The summed E-state index contributed by atoms with van der Waals surface area (Å²) in [4.78, 5) is 4.09. The molecule has 0 spiro atoms. The predicted molar refractivity (Wildman–Crippen MR) is 70.0 cm³/mol. The van der Waals surface area contributed by atoms with E-state index in [2.05, 4.69) is 15.0 Å². The molecule has 2 N–H and O–H groups in total. The minimum absolute atomic E-state index is 0.440. The van der Waals surface area contributed by atoms with Crippen molar-refractivity contribution in [2.75, 3.05) is 26.5 Å². The van der Waals surface area contributed by atoms with E-state index in [0.717, 1.165) is 24.8 Å². The molecule has 0 saturated carbocycles. The van der Waals surface area contributed by atoms with Gasteiger partial charge in [0.2, 0.25) is 15.9 Å². The summed E-state index contributed by atoms with van der Waals surface area (Å²) in [5.74, 6) is 0.610. The normalized spacial score (nSPS) is 11.4. The fraction of sp³-hybridized carbons (Fsp3) is 0.545. The van der Waals surface area contributed by atoms with Gasteiger partial charge in [-0.25, -0.2) is 18.1 Å². The SMILES string of the molecule is COc1ncccc1CNCCCNS(C)(=O)=O. The van der Waals surface area contributed by atoms with E-state index >= 15 is 0 Å². The molecule has 0 amide bonds. The summed E-state index contributed by atoms with van der Waals surface area (Å²) in [6.45, 7) is 1.81. The molecule has 0 unspecified atom stereocenters. The Labute approximate surface area is 108 Å². The number of nitrogens with one attached hydrogen (secondary N) is 2. The van der Waals surface area contributed by atoms with Crippen LogP contribution >= 0.6 is 0 Å². The van der Waals surface area contributed by atoms with E-state index in [-0.39, 0.29) is 0 Å². The van der Waals surface area contributed by atoms with E-state index in [1.54, 1.807) is 13.3 Å². The molecule has 0 saturated heterocycles. The van der Waals surface area contributed by atoms with Gasteiger partial charge in [0.05, 0.1) is 13.4 Å². The zero-order valence-electron chi connectivity index (χ0n) is 10.6. The van der Waals surface area contributed by atoms with E-state index in [1.165, 1.54) is 0 Å². The molecule has 7 heteroatoms. The number of ether oxygens (including phenoxy) is 1. The first-order valence-corrected chi connectivity index (χ1v) is 7.55. The van der Waals surface area contributed by atoms with Crippen molar-refractivity contribution in [2.24, 2.45) is 0 Å².